The highest BCUT2D eigenvalue weighted by atomic mass is 32.2. The third-order valence-electron chi connectivity index (χ3n) is 5.30. The minimum Gasteiger partial charge on any atom is -0.493 e. The van der Waals surface area contributed by atoms with E-state index in [2.05, 4.69) is 23.7 Å². The van der Waals surface area contributed by atoms with Crippen LogP contribution >= 0.6 is 0 Å². The van der Waals surface area contributed by atoms with Gasteiger partial charge in [0.05, 0.1) is 24.5 Å². The Morgan fingerprint density at radius 1 is 1.19 bits per heavy atom. The first-order chi connectivity index (χ1) is 12.5. The van der Waals surface area contributed by atoms with E-state index in [1.807, 2.05) is 6.07 Å². The number of nitrogens with zero attached hydrogens (tertiary/aromatic N) is 3. The Kier molecular flexibility index (Phi) is 5.22. The number of fused-ring (bicyclic) bond motifs is 1. The van der Waals surface area contributed by atoms with Gasteiger partial charge in [0.15, 0.2) is 11.5 Å². The number of rotatable bonds is 5. The van der Waals surface area contributed by atoms with E-state index in [0.717, 1.165) is 18.2 Å². The van der Waals surface area contributed by atoms with Crippen molar-refractivity contribution in [1.82, 2.24) is 9.97 Å². The fourth-order valence-corrected chi connectivity index (χ4v) is 5.25. The first-order valence-corrected chi connectivity index (χ1v) is 10.1. The summed E-state index contributed by atoms with van der Waals surface area (Å²) < 4.78 is 23.1. The Morgan fingerprint density at radius 2 is 1.85 bits per heavy atom. The van der Waals surface area contributed by atoms with Gasteiger partial charge in [0.2, 0.25) is 5.95 Å². The minimum absolute atomic E-state index is 0.219. The molecule has 0 bridgehead atoms. The van der Waals surface area contributed by atoms with Gasteiger partial charge in [0, 0.05) is 41.1 Å². The number of benzene rings is 1. The normalized spacial score (nSPS) is 19.5. The smallest absolute Gasteiger partial charge is 0.227 e. The Labute approximate surface area is 156 Å². The third-order valence-corrected chi connectivity index (χ3v) is 7.52. The minimum atomic E-state index is -0.838. The Balaban J connectivity index is 2.04. The Bertz CT molecular complexity index is 839. The summed E-state index contributed by atoms with van der Waals surface area (Å²) in [5, 5.41) is 0.726. The number of anilines is 2. The molecule has 1 aromatic carbocycles. The van der Waals surface area contributed by atoms with Crippen LogP contribution in [0.1, 0.15) is 26.7 Å². The van der Waals surface area contributed by atoms with Crippen molar-refractivity contribution in [3.63, 3.8) is 0 Å². The van der Waals surface area contributed by atoms with Crippen molar-refractivity contribution < 1.29 is 13.7 Å². The quantitative estimate of drug-likeness (QED) is 0.854. The first-order valence-electron chi connectivity index (χ1n) is 8.80. The summed E-state index contributed by atoms with van der Waals surface area (Å²) in [6.07, 6.45) is 1.72. The van der Waals surface area contributed by atoms with Crippen LogP contribution in [0.2, 0.25) is 0 Å². The van der Waals surface area contributed by atoms with Gasteiger partial charge in [-0.15, -0.1) is 0 Å². The van der Waals surface area contributed by atoms with Crippen molar-refractivity contribution in [3.8, 4) is 11.5 Å². The molecule has 142 valence electrons. The average molecular weight is 378 g/mol. The fourth-order valence-electron chi connectivity index (χ4n) is 3.48. The monoisotopic (exact) mass is 378 g/mol. The maximum atomic E-state index is 12.6. The van der Waals surface area contributed by atoms with Crippen LogP contribution in [0.3, 0.4) is 0 Å². The predicted molar refractivity (Wildman–Crippen MR) is 106 cm³/mol. The van der Waals surface area contributed by atoms with Gasteiger partial charge in [0.25, 0.3) is 0 Å². The summed E-state index contributed by atoms with van der Waals surface area (Å²) in [5.41, 5.74) is 6.91. The molecule has 1 unspecified atom stereocenters. The van der Waals surface area contributed by atoms with Gasteiger partial charge >= 0.3 is 0 Å². The van der Waals surface area contributed by atoms with Crippen LogP contribution in [-0.2, 0) is 10.8 Å². The van der Waals surface area contributed by atoms with Gasteiger partial charge in [-0.25, -0.2) is 4.98 Å². The van der Waals surface area contributed by atoms with E-state index >= 15 is 0 Å². The molecule has 1 aliphatic heterocycles. The molecule has 2 aromatic rings. The van der Waals surface area contributed by atoms with E-state index in [4.69, 9.17) is 20.2 Å². The molecular formula is C18H26N4O3S. The van der Waals surface area contributed by atoms with Gasteiger partial charge in [-0.05, 0) is 18.9 Å². The number of hydrogen-bond acceptors (Lipinski definition) is 7. The second-order valence-electron chi connectivity index (χ2n) is 6.49. The molecule has 0 aliphatic carbocycles. The van der Waals surface area contributed by atoms with Crippen molar-refractivity contribution in [2.75, 3.05) is 43.7 Å². The van der Waals surface area contributed by atoms with Gasteiger partial charge in [-0.2, -0.15) is 4.98 Å². The molecule has 0 amide bonds. The molecular weight excluding hydrogens is 352 g/mol. The zero-order valence-corrected chi connectivity index (χ0v) is 16.6. The predicted octanol–water partition coefficient (Wildman–Crippen LogP) is 2.36. The van der Waals surface area contributed by atoms with Crippen LogP contribution in [-0.4, -0.2) is 52.0 Å². The van der Waals surface area contributed by atoms with E-state index in [9.17, 15) is 4.21 Å². The molecule has 0 spiro atoms. The van der Waals surface area contributed by atoms with Gasteiger partial charge < -0.3 is 20.1 Å². The number of methoxy groups -OCH3 is 2. The zero-order valence-electron chi connectivity index (χ0n) is 15.7. The lowest BCUT2D eigenvalue weighted by Gasteiger charge is -2.41. The molecule has 26 heavy (non-hydrogen) atoms. The standard InChI is InChI=1S/C18H26N4O3S/c1-5-18(6-2)11-22(7-8-26(18)23)17-20-13-10-15(25-4)14(24-3)9-12(13)16(19)21-17/h9-10H,5-8,11H2,1-4H3,(H2,19,20,21). The molecule has 1 saturated heterocycles. The van der Waals surface area contributed by atoms with Crippen LogP contribution in [0, 0.1) is 0 Å². The zero-order chi connectivity index (χ0) is 18.9. The highest BCUT2D eigenvalue weighted by Gasteiger charge is 2.39. The molecule has 3 rings (SSSR count). The third kappa shape index (κ3) is 3.06. The van der Waals surface area contributed by atoms with Crippen molar-refractivity contribution in [3.05, 3.63) is 12.1 Å². The highest BCUT2D eigenvalue weighted by Crippen LogP contribution is 2.35. The highest BCUT2D eigenvalue weighted by molar-refractivity contribution is 7.86. The first kappa shape index (κ1) is 18.7. The molecule has 7 nitrogen and oxygen atoms in total. The SMILES string of the molecule is CCC1(CC)CN(c2nc(N)c3cc(OC)c(OC)cc3n2)CCS1=O. The number of nitrogen functional groups attached to an aromatic ring is 1. The molecule has 8 heteroatoms. The van der Waals surface area contributed by atoms with E-state index in [1.54, 1.807) is 20.3 Å². The van der Waals surface area contributed by atoms with E-state index < -0.39 is 10.8 Å². The maximum Gasteiger partial charge on any atom is 0.227 e. The lowest BCUT2D eigenvalue weighted by molar-refractivity contribution is 0.356. The molecule has 0 radical (unpaired) electrons. The largest absolute Gasteiger partial charge is 0.493 e. The van der Waals surface area contributed by atoms with E-state index in [0.29, 0.717) is 47.6 Å². The summed E-state index contributed by atoms with van der Waals surface area (Å²) in [5.74, 6) is 2.78. The molecule has 1 atom stereocenters. The van der Waals surface area contributed by atoms with Gasteiger partial charge in [0.1, 0.15) is 5.82 Å². The lowest BCUT2D eigenvalue weighted by Crippen LogP contribution is -2.53. The molecule has 1 aromatic heterocycles. The van der Waals surface area contributed by atoms with Crippen molar-refractivity contribution in [2.45, 2.75) is 31.4 Å². The second-order valence-corrected chi connectivity index (χ2v) is 8.46. The number of hydrogen-bond donors (Lipinski definition) is 1. The van der Waals surface area contributed by atoms with Gasteiger partial charge in [-0.1, -0.05) is 13.8 Å². The second kappa shape index (κ2) is 7.26. The number of nitrogens with two attached hydrogens (primary N) is 1. The fraction of sp³-hybridized carbons (Fsp3) is 0.556. The lowest BCUT2D eigenvalue weighted by atomic mass is 10.0. The summed E-state index contributed by atoms with van der Waals surface area (Å²) >= 11 is 0. The maximum absolute atomic E-state index is 12.6. The van der Waals surface area contributed by atoms with Crippen LogP contribution in [0.25, 0.3) is 10.9 Å². The molecule has 1 aliphatic rings. The van der Waals surface area contributed by atoms with Crippen LogP contribution in [0.5, 0.6) is 11.5 Å². The van der Waals surface area contributed by atoms with E-state index in [1.165, 1.54) is 0 Å². The van der Waals surface area contributed by atoms with E-state index in [-0.39, 0.29) is 4.75 Å². The summed E-state index contributed by atoms with van der Waals surface area (Å²) in [6, 6.07) is 3.60. The molecule has 2 N–H and O–H groups in total. The van der Waals surface area contributed by atoms with Crippen LogP contribution in [0.4, 0.5) is 11.8 Å². The van der Waals surface area contributed by atoms with Crippen molar-refractivity contribution in [1.29, 1.82) is 0 Å². The number of aromatic nitrogens is 2. The Morgan fingerprint density at radius 3 is 2.46 bits per heavy atom. The number of ether oxygens (including phenoxy) is 2. The molecule has 2 heterocycles. The summed E-state index contributed by atoms with van der Waals surface area (Å²) in [4.78, 5) is 11.3. The van der Waals surface area contributed by atoms with Crippen LogP contribution < -0.4 is 20.1 Å². The molecule has 0 saturated carbocycles. The van der Waals surface area contributed by atoms with Crippen molar-refractivity contribution >= 4 is 33.5 Å². The average Bonchev–Trinajstić information content (AvgIpc) is 2.67. The summed E-state index contributed by atoms with van der Waals surface area (Å²) in [7, 11) is 2.33. The molecule has 1 fully saturated rings. The van der Waals surface area contributed by atoms with Crippen LogP contribution in [0.15, 0.2) is 12.1 Å². The van der Waals surface area contributed by atoms with Gasteiger partial charge in [-0.3, -0.25) is 4.21 Å². The summed E-state index contributed by atoms with van der Waals surface area (Å²) in [6.45, 7) is 5.52. The Hall–Kier alpha value is -2.09. The topological polar surface area (TPSA) is 90.6 Å². The van der Waals surface area contributed by atoms with Crippen molar-refractivity contribution in [2.24, 2.45) is 0 Å².